The van der Waals surface area contributed by atoms with Gasteiger partial charge in [0.25, 0.3) is 0 Å². The molecular formula is C46H40N2O3. The van der Waals surface area contributed by atoms with E-state index in [1.54, 1.807) is 19.2 Å². The number of hydrogen-bond donors (Lipinski definition) is 0. The minimum atomic E-state index is -0.0107. The quantitative estimate of drug-likeness (QED) is 0.128. The zero-order valence-corrected chi connectivity index (χ0v) is 27.9. The van der Waals surface area contributed by atoms with Crippen molar-refractivity contribution in [1.82, 2.24) is 0 Å². The molecule has 0 bridgehead atoms. The fourth-order valence-corrected chi connectivity index (χ4v) is 5.88. The minimum absolute atomic E-state index is 0. The molecule has 7 aromatic carbocycles. The lowest BCUT2D eigenvalue weighted by Crippen LogP contribution is -2.12. The third-order valence-corrected chi connectivity index (χ3v) is 8.49. The molecule has 0 fully saturated rings. The molecule has 0 aromatic heterocycles. The van der Waals surface area contributed by atoms with E-state index in [1.807, 2.05) is 104 Å². The molecule has 0 heterocycles. The Morgan fingerprint density at radius 1 is 0.412 bits per heavy atom. The lowest BCUT2D eigenvalue weighted by Gasteiger charge is -2.28. The van der Waals surface area contributed by atoms with Crippen LogP contribution >= 0.6 is 0 Å². The van der Waals surface area contributed by atoms with Crippen molar-refractivity contribution >= 4 is 39.9 Å². The summed E-state index contributed by atoms with van der Waals surface area (Å²) in [5.74, 6) is 2.17. The molecule has 0 saturated carbocycles. The van der Waals surface area contributed by atoms with Crippen molar-refractivity contribution in [3.63, 3.8) is 0 Å². The summed E-state index contributed by atoms with van der Waals surface area (Å²) in [7, 11) is 1.68. The highest BCUT2D eigenvalue weighted by atomic mass is 16.5. The van der Waals surface area contributed by atoms with Gasteiger partial charge in [-0.3, -0.25) is 4.79 Å². The van der Waals surface area contributed by atoms with Gasteiger partial charge in [-0.15, -0.1) is 0 Å². The van der Waals surface area contributed by atoms with Gasteiger partial charge in [-0.2, -0.15) is 0 Å². The van der Waals surface area contributed by atoms with Crippen LogP contribution in [0.3, 0.4) is 0 Å². The Kier molecular flexibility index (Phi) is 10.6. The lowest BCUT2D eigenvalue weighted by atomic mass is 10.0. The highest BCUT2D eigenvalue weighted by Crippen LogP contribution is 2.39. The van der Waals surface area contributed by atoms with Crippen molar-refractivity contribution in [2.24, 2.45) is 0 Å². The van der Waals surface area contributed by atoms with Crippen LogP contribution < -0.4 is 19.3 Å². The summed E-state index contributed by atoms with van der Waals surface area (Å²) in [6, 6.07) is 60.3. The van der Waals surface area contributed by atoms with E-state index >= 15 is 0 Å². The van der Waals surface area contributed by atoms with E-state index < -0.39 is 0 Å². The lowest BCUT2D eigenvalue weighted by molar-refractivity contribution is 0.103. The van der Waals surface area contributed by atoms with Crippen LogP contribution in [0.5, 0.6) is 17.2 Å². The molecule has 0 radical (unpaired) electrons. The minimum Gasteiger partial charge on any atom is -0.497 e. The number of carbonyl (C=O) groups excluding carboxylic acids is 1. The first-order valence-corrected chi connectivity index (χ1v) is 16.5. The Morgan fingerprint density at radius 3 is 1.12 bits per heavy atom. The Morgan fingerprint density at radius 2 is 0.725 bits per heavy atom. The number of rotatable bonds is 11. The molecule has 0 atom stereocenters. The number of anilines is 6. The van der Waals surface area contributed by atoms with E-state index in [1.165, 1.54) is 0 Å². The molecule has 0 spiro atoms. The predicted octanol–water partition coefficient (Wildman–Crippen LogP) is 12.6. The first kappa shape index (κ1) is 34.3. The standard InChI is InChI=1S/C45H36N2O3.CH4/c1-33-13-15-34(16-14-33)45(48)35-17-27-43(28-18-35)50-44-31-25-41(26-32-44)47(37-11-7-4-8-12-37)39-21-19-38(20-22-39)46(36-9-5-3-6-10-36)40-23-29-42(49-2)30-24-40;/h3-32H,1-2H3;1H4. The van der Waals surface area contributed by atoms with Crippen LogP contribution in [-0.4, -0.2) is 12.9 Å². The first-order valence-electron chi connectivity index (χ1n) is 16.5. The Balaban J connectivity index is 0.00000448. The zero-order valence-electron chi connectivity index (χ0n) is 27.9. The molecular weight excluding hydrogens is 629 g/mol. The summed E-state index contributed by atoms with van der Waals surface area (Å²) in [5.41, 5.74) is 8.60. The Hall–Kier alpha value is -6.59. The average Bonchev–Trinajstić information content (AvgIpc) is 3.18. The fraction of sp³-hybridized carbons (Fsp3) is 0.0652. The molecule has 7 rings (SSSR count). The largest absolute Gasteiger partial charge is 0.497 e. The number of aryl methyl sites for hydroxylation is 1. The second kappa shape index (κ2) is 15.7. The van der Waals surface area contributed by atoms with Gasteiger partial charge in [0.15, 0.2) is 5.78 Å². The van der Waals surface area contributed by atoms with E-state index in [-0.39, 0.29) is 13.2 Å². The van der Waals surface area contributed by atoms with Gasteiger partial charge in [-0.1, -0.05) is 73.7 Å². The number of methoxy groups -OCH3 is 1. The third-order valence-electron chi connectivity index (χ3n) is 8.49. The Labute approximate surface area is 300 Å². The SMILES string of the molecule is C.COc1ccc(N(c2ccccc2)c2ccc(N(c3ccccc3)c3ccc(Oc4ccc(C(=O)c5ccc(C)cc5)cc4)cc3)cc2)cc1. The topological polar surface area (TPSA) is 42.0 Å². The van der Waals surface area contributed by atoms with Crippen molar-refractivity contribution in [2.75, 3.05) is 16.9 Å². The molecule has 0 N–H and O–H groups in total. The molecule has 0 unspecified atom stereocenters. The van der Waals surface area contributed by atoms with Gasteiger partial charge in [0, 0.05) is 45.3 Å². The molecule has 5 nitrogen and oxygen atoms in total. The van der Waals surface area contributed by atoms with Gasteiger partial charge in [-0.25, -0.2) is 0 Å². The van der Waals surface area contributed by atoms with Gasteiger partial charge in [0.05, 0.1) is 7.11 Å². The second-order valence-electron chi connectivity index (χ2n) is 11.9. The van der Waals surface area contributed by atoms with E-state index in [0.717, 1.165) is 45.4 Å². The average molecular weight is 669 g/mol. The van der Waals surface area contributed by atoms with Gasteiger partial charge >= 0.3 is 0 Å². The molecule has 0 amide bonds. The van der Waals surface area contributed by atoms with Crippen LogP contribution in [-0.2, 0) is 0 Å². The summed E-state index contributed by atoms with van der Waals surface area (Å²) in [4.78, 5) is 17.4. The molecule has 252 valence electrons. The van der Waals surface area contributed by atoms with E-state index in [9.17, 15) is 4.79 Å². The maximum atomic E-state index is 12.9. The number of ketones is 1. The number of nitrogens with zero attached hydrogens (tertiary/aromatic N) is 2. The summed E-state index contributed by atoms with van der Waals surface area (Å²) >= 11 is 0. The van der Waals surface area contributed by atoms with Crippen molar-refractivity contribution in [3.05, 3.63) is 199 Å². The molecule has 0 aliphatic carbocycles. The predicted molar refractivity (Wildman–Crippen MR) is 210 cm³/mol. The number of carbonyl (C=O) groups is 1. The highest BCUT2D eigenvalue weighted by molar-refractivity contribution is 6.09. The molecule has 51 heavy (non-hydrogen) atoms. The van der Waals surface area contributed by atoms with Crippen LogP contribution in [0.25, 0.3) is 0 Å². The second-order valence-corrected chi connectivity index (χ2v) is 11.9. The molecule has 0 saturated heterocycles. The summed E-state index contributed by atoms with van der Waals surface area (Å²) in [6.07, 6.45) is 0. The van der Waals surface area contributed by atoms with Crippen molar-refractivity contribution < 1.29 is 14.3 Å². The number of para-hydroxylation sites is 2. The summed E-state index contributed by atoms with van der Waals surface area (Å²) < 4.78 is 11.6. The van der Waals surface area contributed by atoms with Crippen molar-refractivity contribution in [1.29, 1.82) is 0 Å². The highest BCUT2D eigenvalue weighted by Gasteiger charge is 2.16. The maximum absolute atomic E-state index is 12.9. The molecule has 0 aliphatic rings. The van der Waals surface area contributed by atoms with Crippen molar-refractivity contribution in [3.8, 4) is 17.2 Å². The smallest absolute Gasteiger partial charge is 0.193 e. The zero-order chi connectivity index (χ0) is 34.3. The van der Waals surface area contributed by atoms with Crippen molar-refractivity contribution in [2.45, 2.75) is 14.4 Å². The number of hydrogen-bond acceptors (Lipinski definition) is 5. The van der Waals surface area contributed by atoms with Gasteiger partial charge < -0.3 is 19.3 Å². The normalized spacial score (nSPS) is 10.5. The van der Waals surface area contributed by atoms with Crippen LogP contribution in [0.15, 0.2) is 182 Å². The number of ether oxygens (including phenoxy) is 2. The fourth-order valence-electron chi connectivity index (χ4n) is 5.88. The molecule has 7 aromatic rings. The monoisotopic (exact) mass is 668 g/mol. The van der Waals surface area contributed by atoms with Crippen LogP contribution in [0, 0.1) is 6.92 Å². The van der Waals surface area contributed by atoms with E-state index in [4.69, 9.17) is 9.47 Å². The van der Waals surface area contributed by atoms with E-state index in [2.05, 4.69) is 82.6 Å². The first-order chi connectivity index (χ1) is 24.6. The molecule has 5 heteroatoms. The van der Waals surface area contributed by atoms with Crippen LogP contribution in [0.2, 0.25) is 0 Å². The third kappa shape index (κ3) is 7.85. The Bertz CT molecular complexity index is 2150. The van der Waals surface area contributed by atoms with Gasteiger partial charge in [0.2, 0.25) is 0 Å². The molecule has 0 aliphatic heterocycles. The summed E-state index contributed by atoms with van der Waals surface area (Å²) in [6.45, 7) is 2.01. The van der Waals surface area contributed by atoms with Crippen LogP contribution in [0.1, 0.15) is 28.9 Å². The van der Waals surface area contributed by atoms with E-state index in [0.29, 0.717) is 22.6 Å². The van der Waals surface area contributed by atoms with Gasteiger partial charge in [-0.05, 0) is 128 Å². The number of benzene rings is 7. The summed E-state index contributed by atoms with van der Waals surface area (Å²) in [5, 5.41) is 0. The van der Waals surface area contributed by atoms with Crippen LogP contribution in [0.4, 0.5) is 34.1 Å². The van der Waals surface area contributed by atoms with Gasteiger partial charge in [0.1, 0.15) is 17.2 Å². The maximum Gasteiger partial charge on any atom is 0.193 e.